The van der Waals surface area contributed by atoms with E-state index in [1.807, 2.05) is 4.90 Å². The highest BCUT2D eigenvalue weighted by Gasteiger charge is 2.30. The Morgan fingerprint density at radius 1 is 1.04 bits per heavy atom. The van der Waals surface area contributed by atoms with Crippen molar-refractivity contribution >= 4 is 17.3 Å². The molecule has 7 nitrogen and oxygen atoms in total. The maximum atomic E-state index is 12.6. The van der Waals surface area contributed by atoms with Gasteiger partial charge < -0.3 is 14.9 Å². The summed E-state index contributed by atoms with van der Waals surface area (Å²) >= 11 is 0. The van der Waals surface area contributed by atoms with E-state index in [1.54, 1.807) is 0 Å². The molecule has 0 unspecified atom stereocenters. The fourth-order valence-electron chi connectivity index (χ4n) is 3.01. The Morgan fingerprint density at radius 3 is 2.14 bits per heavy atom. The third kappa shape index (κ3) is 4.00. The lowest BCUT2D eigenvalue weighted by Gasteiger charge is -2.36. The van der Waals surface area contributed by atoms with Crippen molar-refractivity contribution < 1.29 is 28.0 Å². The Kier molecular flexibility index (Phi) is 5.12. The number of piperazine rings is 1. The number of non-ortho nitro benzene ring substituents is 1. The summed E-state index contributed by atoms with van der Waals surface area (Å²) in [4.78, 5) is 25.9. The fraction of sp³-hybridized carbons (Fsp3) is 0.278. The van der Waals surface area contributed by atoms with E-state index >= 15 is 0 Å². The number of rotatable bonds is 3. The monoisotopic (exact) mass is 395 g/mol. The van der Waals surface area contributed by atoms with Gasteiger partial charge in [0.05, 0.1) is 22.1 Å². The van der Waals surface area contributed by atoms with E-state index in [0.29, 0.717) is 31.9 Å². The Bertz CT molecular complexity index is 892. The number of hydrogen-bond donors (Lipinski definition) is 1. The number of alkyl halides is 3. The lowest BCUT2D eigenvalue weighted by atomic mass is 10.1. The molecule has 0 saturated carbocycles. The number of nitrogens with zero attached hydrogens (tertiary/aromatic N) is 3. The van der Waals surface area contributed by atoms with Gasteiger partial charge in [0.2, 0.25) is 0 Å². The molecule has 0 atom stereocenters. The Balaban J connectivity index is 1.65. The van der Waals surface area contributed by atoms with Crippen molar-refractivity contribution in [3.63, 3.8) is 0 Å². The van der Waals surface area contributed by atoms with Gasteiger partial charge in [-0.3, -0.25) is 14.9 Å². The molecule has 1 N–H and O–H groups in total. The number of aromatic hydroxyl groups is 1. The molecule has 1 fully saturated rings. The summed E-state index contributed by atoms with van der Waals surface area (Å²) in [6, 6.07) is 8.09. The van der Waals surface area contributed by atoms with E-state index in [1.165, 1.54) is 23.1 Å². The van der Waals surface area contributed by atoms with Crippen LogP contribution in [0.5, 0.6) is 5.75 Å². The highest BCUT2D eigenvalue weighted by atomic mass is 19.4. The largest absolute Gasteiger partial charge is 0.507 e. The van der Waals surface area contributed by atoms with Gasteiger partial charge in [-0.25, -0.2) is 0 Å². The van der Waals surface area contributed by atoms with E-state index in [0.717, 1.165) is 24.3 Å². The predicted octanol–water partition coefficient (Wildman–Crippen LogP) is 3.28. The molecule has 2 aromatic carbocycles. The second-order valence-electron chi connectivity index (χ2n) is 6.28. The maximum Gasteiger partial charge on any atom is 0.416 e. The number of nitro benzene ring substituents is 1. The number of anilines is 1. The first-order chi connectivity index (χ1) is 13.2. The van der Waals surface area contributed by atoms with Crippen molar-refractivity contribution in [2.75, 3.05) is 31.1 Å². The van der Waals surface area contributed by atoms with E-state index in [-0.39, 0.29) is 11.3 Å². The lowest BCUT2D eigenvalue weighted by Crippen LogP contribution is -2.48. The number of carbonyl (C=O) groups is 1. The topological polar surface area (TPSA) is 86.9 Å². The highest BCUT2D eigenvalue weighted by Crippen LogP contribution is 2.31. The standard InChI is InChI=1S/C18H16F3N3O4/c19-18(20,21)12-1-3-13(4-2-12)22-7-9-23(10-8-22)17(26)15-6-5-14(24(27)28)11-16(15)25/h1-6,11,25H,7-10H2. The van der Waals surface area contributed by atoms with Crippen LogP contribution in [0.1, 0.15) is 15.9 Å². The molecule has 0 aromatic heterocycles. The van der Waals surface area contributed by atoms with Crippen LogP contribution < -0.4 is 4.90 Å². The normalized spacial score (nSPS) is 14.8. The molecule has 1 aliphatic heterocycles. The Labute approximate surface area is 157 Å². The van der Waals surface area contributed by atoms with Crippen molar-refractivity contribution in [2.24, 2.45) is 0 Å². The lowest BCUT2D eigenvalue weighted by molar-refractivity contribution is -0.384. The van der Waals surface area contributed by atoms with Crippen LogP contribution in [-0.4, -0.2) is 47.0 Å². The molecule has 3 rings (SSSR count). The van der Waals surface area contributed by atoms with Gasteiger partial charge in [-0.05, 0) is 30.3 Å². The molecule has 0 bridgehead atoms. The van der Waals surface area contributed by atoms with E-state index < -0.39 is 28.3 Å². The molecular weight excluding hydrogens is 379 g/mol. The van der Waals surface area contributed by atoms with Gasteiger partial charge in [-0.2, -0.15) is 13.2 Å². The van der Waals surface area contributed by atoms with Gasteiger partial charge in [0.25, 0.3) is 11.6 Å². The SMILES string of the molecule is O=C(c1ccc([N+](=O)[O-])cc1O)N1CCN(c2ccc(C(F)(F)F)cc2)CC1. The van der Waals surface area contributed by atoms with Gasteiger partial charge in [-0.15, -0.1) is 0 Å². The van der Waals surface area contributed by atoms with Gasteiger partial charge in [0, 0.05) is 37.9 Å². The molecule has 1 saturated heterocycles. The second kappa shape index (κ2) is 7.37. The summed E-state index contributed by atoms with van der Waals surface area (Å²) in [6.45, 7) is 1.42. The molecule has 2 aromatic rings. The molecule has 28 heavy (non-hydrogen) atoms. The zero-order chi connectivity index (χ0) is 20.5. The molecule has 148 valence electrons. The minimum Gasteiger partial charge on any atom is -0.507 e. The van der Waals surface area contributed by atoms with Crippen molar-refractivity contribution in [1.82, 2.24) is 4.90 Å². The van der Waals surface area contributed by atoms with Crippen LogP contribution in [0.15, 0.2) is 42.5 Å². The first-order valence-electron chi connectivity index (χ1n) is 8.35. The second-order valence-corrected chi connectivity index (χ2v) is 6.28. The minimum absolute atomic E-state index is 0.0337. The average molecular weight is 395 g/mol. The number of benzene rings is 2. The van der Waals surface area contributed by atoms with Crippen molar-refractivity contribution in [2.45, 2.75) is 6.18 Å². The minimum atomic E-state index is -4.39. The smallest absolute Gasteiger partial charge is 0.416 e. The third-order valence-corrected chi connectivity index (χ3v) is 4.55. The number of hydrogen-bond acceptors (Lipinski definition) is 5. The predicted molar refractivity (Wildman–Crippen MR) is 94.3 cm³/mol. The van der Waals surface area contributed by atoms with Crippen LogP contribution in [0.25, 0.3) is 0 Å². The van der Waals surface area contributed by atoms with Crippen molar-refractivity contribution in [1.29, 1.82) is 0 Å². The molecule has 0 spiro atoms. The summed E-state index contributed by atoms with van der Waals surface area (Å²) in [5.41, 5.74) is -0.452. The van der Waals surface area contributed by atoms with Crippen molar-refractivity contribution in [3.8, 4) is 5.75 Å². The summed E-state index contributed by atoms with van der Waals surface area (Å²) in [7, 11) is 0. The summed E-state index contributed by atoms with van der Waals surface area (Å²) in [5.74, 6) is -0.927. The van der Waals surface area contributed by atoms with Crippen molar-refractivity contribution in [3.05, 3.63) is 63.7 Å². The van der Waals surface area contributed by atoms with Crippen LogP contribution in [0, 0.1) is 10.1 Å². The molecule has 1 aliphatic rings. The number of nitro groups is 1. The number of carbonyl (C=O) groups excluding carboxylic acids is 1. The van der Waals surface area contributed by atoms with Gasteiger partial charge >= 0.3 is 6.18 Å². The Morgan fingerprint density at radius 2 is 1.64 bits per heavy atom. The zero-order valence-electron chi connectivity index (χ0n) is 14.5. The third-order valence-electron chi connectivity index (χ3n) is 4.55. The van der Waals surface area contributed by atoms with Gasteiger partial charge in [0.1, 0.15) is 5.75 Å². The summed E-state index contributed by atoms with van der Waals surface area (Å²) in [5, 5.41) is 20.6. The van der Waals surface area contributed by atoms with Crippen LogP contribution in [-0.2, 0) is 6.18 Å². The molecule has 1 amide bonds. The summed E-state index contributed by atoms with van der Waals surface area (Å²) in [6.07, 6.45) is -4.39. The van der Waals surface area contributed by atoms with E-state index in [9.17, 15) is 33.2 Å². The number of phenols is 1. The quantitative estimate of drug-likeness (QED) is 0.637. The molecular formula is C18H16F3N3O4. The van der Waals surface area contributed by atoms with Gasteiger partial charge in [0.15, 0.2) is 0 Å². The maximum absolute atomic E-state index is 12.6. The highest BCUT2D eigenvalue weighted by molar-refractivity contribution is 5.97. The number of phenolic OH excluding ortho intramolecular Hbond substituents is 1. The molecule has 0 radical (unpaired) electrons. The van der Waals surface area contributed by atoms with E-state index in [4.69, 9.17) is 0 Å². The van der Waals surface area contributed by atoms with Gasteiger partial charge in [-0.1, -0.05) is 0 Å². The molecule has 0 aliphatic carbocycles. The molecule has 1 heterocycles. The molecule has 10 heteroatoms. The number of halogens is 3. The zero-order valence-corrected chi connectivity index (χ0v) is 14.5. The first kappa shape index (κ1) is 19.5. The van der Waals surface area contributed by atoms with E-state index in [2.05, 4.69) is 0 Å². The first-order valence-corrected chi connectivity index (χ1v) is 8.35. The fourth-order valence-corrected chi connectivity index (χ4v) is 3.01. The summed E-state index contributed by atoms with van der Waals surface area (Å²) < 4.78 is 37.9. The average Bonchev–Trinajstić information content (AvgIpc) is 2.67. The van der Waals surface area contributed by atoms with Crippen LogP contribution in [0.3, 0.4) is 0 Å². The number of amides is 1. The van der Waals surface area contributed by atoms with Crippen LogP contribution >= 0.6 is 0 Å². The van der Waals surface area contributed by atoms with Crippen LogP contribution in [0.4, 0.5) is 24.5 Å². The Hall–Kier alpha value is -3.30. The van der Waals surface area contributed by atoms with Crippen LogP contribution in [0.2, 0.25) is 0 Å².